The third-order valence-electron chi connectivity index (χ3n) is 3.02. The summed E-state index contributed by atoms with van der Waals surface area (Å²) in [6, 6.07) is 6.21. The van der Waals surface area contributed by atoms with Crippen molar-refractivity contribution >= 4 is 23.5 Å². The smallest absolute Gasteiger partial charge is 0.330 e. The summed E-state index contributed by atoms with van der Waals surface area (Å²) in [5.41, 5.74) is 6.85. The molecule has 6 heteroatoms. The topological polar surface area (TPSA) is 92.5 Å². The highest BCUT2D eigenvalue weighted by molar-refractivity contribution is 6.27. The molecule has 0 saturated carbocycles. The van der Waals surface area contributed by atoms with Gasteiger partial charge in [-0.3, -0.25) is 14.9 Å². The van der Waals surface area contributed by atoms with Crippen molar-refractivity contribution in [2.45, 2.75) is 13.3 Å². The molecule has 1 aromatic rings. The zero-order valence-electron chi connectivity index (χ0n) is 10.6. The molecule has 1 aromatic carbocycles. The molecule has 1 aliphatic rings. The molecule has 1 fully saturated rings. The Balaban J connectivity index is 2.33. The highest BCUT2D eigenvalue weighted by Gasteiger charge is 2.40. The van der Waals surface area contributed by atoms with Crippen molar-refractivity contribution in [3.8, 4) is 0 Å². The van der Waals surface area contributed by atoms with E-state index < -0.39 is 23.8 Å². The average Bonchev–Trinajstić information content (AvgIpc) is 2.36. The lowest BCUT2D eigenvalue weighted by Crippen LogP contribution is -2.58. The first-order valence-electron chi connectivity index (χ1n) is 6.00. The number of nitrogens with one attached hydrogen (secondary N) is 1. The molecular weight excluding hydrogens is 246 g/mol. The van der Waals surface area contributed by atoms with Crippen LogP contribution in [0.1, 0.15) is 12.0 Å². The Hall–Kier alpha value is -2.21. The summed E-state index contributed by atoms with van der Waals surface area (Å²) < 4.78 is 0. The van der Waals surface area contributed by atoms with Crippen LogP contribution in [0, 0.1) is 12.8 Å². The molecule has 100 valence electrons. The molecule has 1 aliphatic heterocycles. The minimum Gasteiger partial charge on any atom is -0.330 e. The van der Waals surface area contributed by atoms with Gasteiger partial charge in [-0.1, -0.05) is 17.7 Å². The maximum Gasteiger partial charge on any atom is 0.335 e. The fraction of sp³-hybridized carbons (Fsp3) is 0.308. The zero-order chi connectivity index (χ0) is 14.0. The predicted octanol–water partition coefficient (Wildman–Crippen LogP) is 0.543. The van der Waals surface area contributed by atoms with E-state index in [1.807, 2.05) is 6.92 Å². The van der Waals surface area contributed by atoms with E-state index >= 15 is 0 Å². The average molecular weight is 261 g/mol. The molecule has 0 aromatic heterocycles. The van der Waals surface area contributed by atoms with Crippen LogP contribution in [0.2, 0.25) is 0 Å². The Bertz CT molecular complexity index is 524. The van der Waals surface area contributed by atoms with Gasteiger partial charge in [-0.2, -0.15) is 0 Å². The molecule has 1 unspecified atom stereocenters. The molecule has 0 bridgehead atoms. The number of urea groups is 1. The van der Waals surface area contributed by atoms with Crippen LogP contribution in [0.3, 0.4) is 0 Å². The summed E-state index contributed by atoms with van der Waals surface area (Å²) in [4.78, 5) is 36.6. The number of nitrogens with zero attached hydrogens (tertiary/aromatic N) is 1. The number of hydrogen-bond donors (Lipinski definition) is 2. The lowest BCUT2D eigenvalue weighted by molar-refractivity contribution is -0.134. The van der Waals surface area contributed by atoms with Crippen LogP contribution in [0.25, 0.3) is 0 Å². The largest absolute Gasteiger partial charge is 0.335 e. The van der Waals surface area contributed by atoms with E-state index in [9.17, 15) is 14.4 Å². The van der Waals surface area contributed by atoms with Crippen molar-refractivity contribution in [3.05, 3.63) is 29.8 Å². The van der Waals surface area contributed by atoms with Crippen LogP contribution in [0.5, 0.6) is 0 Å². The van der Waals surface area contributed by atoms with Gasteiger partial charge in [-0.25, -0.2) is 9.69 Å². The van der Waals surface area contributed by atoms with Crippen molar-refractivity contribution < 1.29 is 14.4 Å². The molecule has 0 spiro atoms. The summed E-state index contributed by atoms with van der Waals surface area (Å²) in [5.74, 6) is -2.00. The summed E-state index contributed by atoms with van der Waals surface area (Å²) in [6.07, 6.45) is 0.223. The number of benzene rings is 1. The Morgan fingerprint density at radius 3 is 2.42 bits per heavy atom. The number of barbiturate groups is 1. The van der Waals surface area contributed by atoms with Gasteiger partial charge in [-0.15, -0.1) is 0 Å². The van der Waals surface area contributed by atoms with Crippen molar-refractivity contribution in [2.75, 3.05) is 11.4 Å². The van der Waals surface area contributed by atoms with Gasteiger partial charge in [0, 0.05) is 0 Å². The SMILES string of the molecule is Cc1ccc(N2C(=O)NC(=O)C(CCN)C2=O)cc1. The first kappa shape index (κ1) is 13.2. The molecule has 1 heterocycles. The van der Waals surface area contributed by atoms with E-state index in [0.717, 1.165) is 10.5 Å². The number of carbonyl (C=O) groups excluding carboxylic acids is 3. The third-order valence-corrected chi connectivity index (χ3v) is 3.02. The number of rotatable bonds is 3. The number of imide groups is 2. The summed E-state index contributed by atoms with van der Waals surface area (Å²) in [6.45, 7) is 2.11. The standard InChI is InChI=1S/C13H15N3O3/c1-8-2-4-9(5-3-8)16-12(18)10(6-7-14)11(17)15-13(16)19/h2-5,10H,6-7,14H2,1H3,(H,15,17,19). The lowest BCUT2D eigenvalue weighted by atomic mass is 10.0. The molecule has 1 atom stereocenters. The Labute approximate surface area is 110 Å². The van der Waals surface area contributed by atoms with E-state index in [2.05, 4.69) is 5.32 Å². The highest BCUT2D eigenvalue weighted by Crippen LogP contribution is 2.22. The number of carbonyl (C=O) groups is 3. The fourth-order valence-corrected chi connectivity index (χ4v) is 1.98. The molecule has 1 saturated heterocycles. The van der Waals surface area contributed by atoms with E-state index in [1.54, 1.807) is 24.3 Å². The minimum atomic E-state index is -0.899. The second-order valence-corrected chi connectivity index (χ2v) is 4.43. The number of amides is 4. The Kier molecular flexibility index (Phi) is 3.62. The summed E-state index contributed by atoms with van der Waals surface area (Å²) in [7, 11) is 0. The molecule has 2 rings (SSSR count). The normalized spacial score (nSPS) is 19.6. The maximum atomic E-state index is 12.2. The quantitative estimate of drug-likeness (QED) is 0.777. The Morgan fingerprint density at radius 2 is 1.84 bits per heavy atom. The summed E-state index contributed by atoms with van der Waals surface area (Å²) in [5, 5.41) is 2.18. The van der Waals surface area contributed by atoms with Gasteiger partial charge in [0.1, 0.15) is 5.92 Å². The molecule has 0 radical (unpaired) electrons. The monoisotopic (exact) mass is 261 g/mol. The van der Waals surface area contributed by atoms with Gasteiger partial charge in [0.15, 0.2) is 0 Å². The van der Waals surface area contributed by atoms with Gasteiger partial charge in [0.25, 0.3) is 0 Å². The molecule has 4 amide bonds. The van der Waals surface area contributed by atoms with Crippen molar-refractivity contribution in [1.29, 1.82) is 0 Å². The molecule has 3 N–H and O–H groups in total. The molecule has 19 heavy (non-hydrogen) atoms. The van der Waals surface area contributed by atoms with Crippen molar-refractivity contribution in [3.63, 3.8) is 0 Å². The third kappa shape index (κ3) is 2.48. The van der Waals surface area contributed by atoms with Gasteiger partial charge in [0.2, 0.25) is 11.8 Å². The fourth-order valence-electron chi connectivity index (χ4n) is 1.98. The maximum absolute atomic E-state index is 12.2. The van der Waals surface area contributed by atoms with Crippen LogP contribution in [-0.4, -0.2) is 24.4 Å². The minimum absolute atomic E-state index is 0.208. The highest BCUT2D eigenvalue weighted by atomic mass is 16.2. The van der Waals surface area contributed by atoms with Gasteiger partial charge >= 0.3 is 6.03 Å². The first-order valence-corrected chi connectivity index (χ1v) is 6.00. The van der Waals surface area contributed by atoms with Crippen molar-refractivity contribution in [2.24, 2.45) is 11.7 Å². The van der Waals surface area contributed by atoms with Crippen molar-refractivity contribution in [1.82, 2.24) is 5.32 Å². The van der Waals surface area contributed by atoms with E-state index in [0.29, 0.717) is 5.69 Å². The van der Waals surface area contributed by atoms with Crippen LogP contribution < -0.4 is 16.0 Å². The Morgan fingerprint density at radius 1 is 1.21 bits per heavy atom. The number of hydrogen-bond acceptors (Lipinski definition) is 4. The molecule has 0 aliphatic carbocycles. The van der Waals surface area contributed by atoms with Crippen LogP contribution in [0.4, 0.5) is 10.5 Å². The number of nitrogens with two attached hydrogens (primary N) is 1. The van der Waals surface area contributed by atoms with Crippen LogP contribution in [-0.2, 0) is 9.59 Å². The first-order chi connectivity index (χ1) is 9.04. The van der Waals surface area contributed by atoms with E-state index in [4.69, 9.17) is 5.73 Å². The molecular formula is C13H15N3O3. The van der Waals surface area contributed by atoms with Gasteiger partial charge < -0.3 is 5.73 Å². The lowest BCUT2D eigenvalue weighted by Gasteiger charge is -2.29. The predicted molar refractivity (Wildman–Crippen MR) is 69.4 cm³/mol. The second kappa shape index (κ2) is 5.19. The van der Waals surface area contributed by atoms with E-state index in [1.165, 1.54) is 0 Å². The van der Waals surface area contributed by atoms with Crippen LogP contribution in [0.15, 0.2) is 24.3 Å². The van der Waals surface area contributed by atoms with E-state index in [-0.39, 0.29) is 13.0 Å². The van der Waals surface area contributed by atoms with Crippen LogP contribution >= 0.6 is 0 Å². The summed E-state index contributed by atoms with van der Waals surface area (Å²) >= 11 is 0. The molecule has 6 nitrogen and oxygen atoms in total. The van der Waals surface area contributed by atoms with Gasteiger partial charge in [0.05, 0.1) is 5.69 Å². The zero-order valence-corrected chi connectivity index (χ0v) is 10.6. The number of anilines is 1. The number of aryl methyl sites for hydroxylation is 1. The van der Waals surface area contributed by atoms with Gasteiger partial charge in [-0.05, 0) is 32.0 Å². The second-order valence-electron chi connectivity index (χ2n) is 4.43.